The summed E-state index contributed by atoms with van der Waals surface area (Å²) in [5.74, 6) is -0.301. The maximum atomic E-state index is 12.3. The van der Waals surface area contributed by atoms with Crippen LogP contribution in [0.4, 0.5) is 0 Å². The Labute approximate surface area is 125 Å². The number of hydrogen-bond acceptors (Lipinski definition) is 5. The summed E-state index contributed by atoms with van der Waals surface area (Å²) in [6, 6.07) is -0.547. The van der Waals surface area contributed by atoms with Gasteiger partial charge in [-0.2, -0.15) is 0 Å². The van der Waals surface area contributed by atoms with Crippen molar-refractivity contribution in [2.75, 3.05) is 46.0 Å². The Balaban J connectivity index is 1.87. The quantitative estimate of drug-likeness (QED) is 0.666. The second-order valence-corrected chi connectivity index (χ2v) is 5.81. The molecule has 0 aromatic carbocycles. The van der Waals surface area contributed by atoms with Gasteiger partial charge in [-0.25, -0.2) is 0 Å². The lowest BCUT2D eigenvalue weighted by molar-refractivity contribution is -0.158. The highest BCUT2D eigenvalue weighted by molar-refractivity contribution is 5.88. The molecular weight excluding hydrogens is 274 g/mol. The maximum absolute atomic E-state index is 12.3. The monoisotopic (exact) mass is 299 g/mol. The average Bonchev–Trinajstić information content (AvgIpc) is 2.48. The van der Waals surface area contributed by atoms with Crippen LogP contribution in [-0.2, 0) is 19.1 Å². The summed E-state index contributed by atoms with van der Waals surface area (Å²) in [5, 5.41) is 5.94. The Kier molecular flexibility index (Phi) is 5.55. The first-order chi connectivity index (χ1) is 10.1. The van der Waals surface area contributed by atoms with Crippen molar-refractivity contribution in [2.45, 2.75) is 31.9 Å². The normalized spacial score (nSPS) is 24.3. The second-order valence-electron chi connectivity index (χ2n) is 5.81. The van der Waals surface area contributed by atoms with Gasteiger partial charge in [0.15, 0.2) is 0 Å². The standard InChI is InChI=1S/C14H25N3O4/c1-3-4-16-13(19)11-7-20-6-5-17(11)12(18)8-21-14(2)9-15-10-14/h11,15H,3-10H2,1-2H3,(H,16,19). The molecule has 0 aliphatic carbocycles. The molecule has 1 atom stereocenters. The van der Waals surface area contributed by atoms with Crippen LogP contribution in [0.3, 0.4) is 0 Å². The number of amides is 2. The highest BCUT2D eigenvalue weighted by atomic mass is 16.5. The van der Waals surface area contributed by atoms with E-state index in [9.17, 15) is 9.59 Å². The van der Waals surface area contributed by atoms with E-state index in [1.807, 2.05) is 13.8 Å². The summed E-state index contributed by atoms with van der Waals surface area (Å²) in [5.41, 5.74) is -0.262. The first-order valence-corrected chi connectivity index (χ1v) is 7.55. The Bertz CT molecular complexity index is 384. The van der Waals surface area contributed by atoms with Crippen LogP contribution in [0.1, 0.15) is 20.3 Å². The molecule has 2 amide bonds. The Morgan fingerprint density at radius 3 is 2.86 bits per heavy atom. The lowest BCUT2D eigenvalue weighted by Gasteiger charge is -2.40. The zero-order chi connectivity index (χ0) is 15.3. The van der Waals surface area contributed by atoms with Gasteiger partial charge in [-0.1, -0.05) is 6.92 Å². The van der Waals surface area contributed by atoms with E-state index < -0.39 is 6.04 Å². The highest BCUT2D eigenvalue weighted by Crippen LogP contribution is 2.16. The molecule has 0 radical (unpaired) electrons. The van der Waals surface area contributed by atoms with Gasteiger partial charge in [0.25, 0.3) is 0 Å². The van der Waals surface area contributed by atoms with Crippen molar-refractivity contribution >= 4 is 11.8 Å². The summed E-state index contributed by atoms with van der Waals surface area (Å²) >= 11 is 0. The smallest absolute Gasteiger partial charge is 0.249 e. The van der Waals surface area contributed by atoms with Crippen LogP contribution in [-0.4, -0.2) is 74.4 Å². The maximum Gasteiger partial charge on any atom is 0.249 e. The minimum atomic E-state index is -0.547. The summed E-state index contributed by atoms with van der Waals surface area (Å²) in [6.07, 6.45) is 0.863. The molecule has 7 nitrogen and oxygen atoms in total. The molecule has 0 bridgehead atoms. The number of morpholine rings is 1. The molecule has 2 rings (SSSR count). The van der Waals surface area contributed by atoms with Crippen molar-refractivity contribution in [2.24, 2.45) is 0 Å². The Morgan fingerprint density at radius 2 is 2.24 bits per heavy atom. The minimum absolute atomic E-state index is 0.00966. The number of carbonyl (C=O) groups is 2. The first kappa shape index (κ1) is 16.2. The van der Waals surface area contributed by atoms with E-state index in [-0.39, 0.29) is 30.6 Å². The van der Waals surface area contributed by atoms with Crippen LogP contribution < -0.4 is 10.6 Å². The zero-order valence-corrected chi connectivity index (χ0v) is 12.8. The predicted molar refractivity (Wildman–Crippen MR) is 76.8 cm³/mol. The Hall–Kier alpha value is -1.18. The van der Waals surface area contributed by atoms with Crippen molar-refractivity contribution in [3.8, 4) is 0 Å². The molecule has 1 unspecified atom stereocenters. The van der Waals surface area contributed by atoms with Gasteiger partial charge in [-0.3, -0.25) is 9.59 Å². The summed E-state index contributed by atoms with van der Waals surface area (Å²) in [4.78, 5) is 26.0. The SMILES string of the molecule is CCCNC(=O)C1COCCN1C(=O)COC1(C)CNC1. The molecule has 0 aromatic heterocycles. The number of hydrogen-bond donors (Lipinski definition) is 2. The van der Waals surface area contributed by atoms with E-state index in [4.69, 9.17) is 9.47 Å². The highest BCUT2D eigenvalue weighted by Gasteiger charge is 2.36. The molecule has 2 heterocycles. The molecule has 2 aliphatic rings. The van der Waals surface area contributed by atoms with Crippen LogP contribution >= 0.6 is 0 Å². The first-order valence-electron chi connectivity index (χ1n) is 7.55. The topological polar surface area (TPSA) is 79.9 Å². The van der Waals surface area contributed by atoms with Gasteiger partial charge in [0, 0.05) is 26.2 Å². The van der Waals surface area contributed by atoms with Crippen molar-refractivity contribution in [3.63, 3.8) is 0 Å². The summed E-state index contributed by atoms with van der Waals surface area (Å²) in [7, 11) is 0. The number of nitrogens with zero attached hydrogens (tertiary/aromatic N) is 1. The fraction of sp³-hybridized carbons (Fsp3) is 0.857. The number of carbonyl (C=O) groups excluding carboxylic acids is 2. The number of nitrogens with one attached hydrogen (secondary N) is 2. The van der Waals surface area contributed by atoms with Gasteiger partial charge in [0.2, 0.25) is 11.8 Å². The molecule has 0 saturated carbocycles. The minimum Gasteiger partial charge on any atom is -0.377 e. The second kappa shape index (κ2) is 7.20. The molecular formula is C14H25N3O4. The van der Waals surface area contributed by atoms with Crippen LogP contribution in [0.25, 0.3) is 0 Å². The van der Waals surface area contributed by atoms with Gasteiger partial charge >= 0.3 is 0 Å². The average molecular weight is 299 g/mol. The van der Waals surface area contributed by atoms with Gasteiger partial charge < -0.3 is 25.0 Å². The molecule has 2 aliphatic heterocycles. The van der Waals surface area contributed by atoms with E-state index >= 15 is 0 Å². The van der Waals surface area contributed by atoms with E-state index in [1.54, 1.807) is 4.90 Å². The van der Waals surface area contributed by atoms with Crippen LogP contribution in [0, 0.1) is 0 Å². The summed E-state index contributed by atoms with van der Waals surface area (Å²) < 4.78 is 11.0. The van der Waals surface area contributed by atoms with Crippen molar-refractivity contribution < 1.29 is 19.1 Å². The molecule has 0 spiro atoms. The van der Waals surface area contributed by atoms with Gasteiger partial charge in [0.1, 0.15) is 12.6 Å². The lowest BCUT2D eigenvalue weighted by Crippen LogP contribution is -2.61. The van der Waals surface area contributed by atoms with E-state index in [0.717, 1.165) is 19.5 Å². The van der Waals surface area contributed by atoms with E-state index in [2.05, 4.69) is 10.6 Å². The Morgan fingerprint density at radius 1 is 1.48 bits per heavy atom. The molecule has 7 heteroatoms. The lowest BCUT2D eigenvalue weighted by atomic mass is 10.0. The van der Waals surface area contributed by atoms with E-state index in [1.165, 1.54) is 0 Å². The van der Waals surface area contributed by atoms with Crippen LogP contribution in [0.2, 0.25) is 0 Å². The van der Waals surface area contributed by atoms with Gasteiger partial charge in [-0.05, 0) is 13.3 Å². The van der Waals surface area contributed by atoms with Crippen molar-refractivity contribution in [1.29, 1.82) is 0 Å². The molecule has 2 N–H and O–H groups in total. The van der Waals surface area contributed by atoms with Gasteiger partial charge in [-0.15, -0.1) is 0 Å². The number of rotatable bonds is 6. The van der Waals surface area contributed by atoms with Crippen LogP contribution in [0.15, 0.2) is 0 Å². The predicted octanol–water partition coefficient (Wildman–Crippen LogP) is -0.881. The van der Waals surface area contributed by atoms with Gasteiger partial charge in [0.05, 0.1) is 18.8 Å². The fourth-order valence-corrected chi connectivity index (χ4v) is 2.38. The van der Waals surface area contributed by atoms with E-state index in [0.29, 0.717) is 19.7 Å². The van der Waals surface area contributed by atoms with Crippen LogP contribution in [0.5, 0.6) is 0 Å². The molecule has 2 saturated heterocycles. The third-order valence-electron chi connectivity index (χ3n) is 3.84. The zero-order valence-electron chi connectivity index (χ0n) is 12.8. The van der Waals surface area contributed by atoms with Crippen molar-refractivity contribution in [1.82, 2.24) is 15.5 Å². The largest absolute Gasteiger partial charge is 0.377 e. The third-order valence-corrected chi connectivity index (χ3v) is 3.84. The fourth-order valence-electron chi connectivity index (χ4n) is 2.38. The van der Waals surface area contributed by atoms with Crippen molar-refractivity contribution in [3.05, 3.63) is 0 Å². The third kappa shape index (κ3) is 4.15. The molecule has 2 fully saturated rings. The molecule has 120 valence electrons. The number of ether oxygens (including phenoxy) is 2. The molecule has 0 aromatic rings. The molecule has 21 heavy (non-hydrogen) atoms. The summed E-state index contributed by atoms with van der Waals surface area (Å²) in [6.45, 7) is 7.23.